The number of para-hydroxylation sites is 4. The van der Waals surface area contributed by atoms with Crippen LogP contribution in [0.3, 0.4) is 0 Å². The topological polar surface area (TPSA) is 71.3 Å². The number of benzene rings is 13. The minimum absolute atomic E-state index is 0.107. The number of hydrogen-bond acceptors (Lipinski definition) is 4. The third-order valence-electron chi connectivity index (χ3n) is 19.6. The standard InChI is InChI=1S/C85H57BN8/c1-52-40-53(2)83(54(3)41-52)86(59-24-18-26-61(43-59)91-75-32-14-10-28-65(75)69-48-81-71(46-79(69)91)67-30-12-16-34-77(67)93(81)63-38-39-73-58(42-63)51-88-84(89-73)55-20-6-4-7-21-55)60-25-19-27-62(44-60)92-76-33-15-11-29-66(76)70-49-82-72(47-80(70)92)68-31-13-17-35-78(68)94(82)64-37-36-57-50-87-85(90-74(57)45-64)56-22-8-5-9-23-56/h4-51H,1-3H3. The highest BCUT2D eigenvalue weighted by molar-refractivity contribution is 6.96. The number of aryl methyl sites for hydroxylation is 3. The molecule has 13 aromatic carbocycles. The van der Waals surface area contributed by atoms with Crippen LogP contribution in [0.2, 0.25) is 0 Å². The predicted octanol–water partition coefficient (Wildman–Crippen LogP) is 18.7. The first-order valence-corrected chi connectivity index (χ1v) is 32.2. The first-order chi connectivity index (χ1) is 46.3. The summed E-state index contributed by atoms with van der Waals surface area (Å²) < 4.78 is 9.81. The summed E-state index contributed by atoms with van der Waals surface area (Å²) in [5, 5.41) is 11.5. The van der Waals surface area contributed by atoms with E-state index >= 15 is 0 Å². The van der Waals surface area contributed by atoms with Crippen molar-refractivity contribution in [1.82, 2.24) is 38.2 Å². The van der Waals surface area contributed by atoms with Gasteiger partial charge in [-0.1, -0.05) is 203 Å². The maximum Gasteiger partial charge on any atom is 0.242 e. The molecule has 0 atom stereocenters. The Kier molecular flexibility index (Phi) is 11.9. The lowest BCUT2D eigenvalue weighted by Crippen LogP contribution is -2.54. The molecule has 0 aliphatic heterocycles. The molecule has 0 amide bonds. The molecule has 0 radical (unpaired) electrons. The fourth-order valence-electron chi connectivity index (χ4n) is 15.6. The molecule has 9 heteroatoms. The van der Waals surface area contributed by atoms with E-state index in [1.54, 1.807) is 0 Å². The van der Waals surface area contributed by atoms with Crippen LogP contribution in [0, 0.1) is 20.8 Å². The number of fused-ring (bicyclic) bond motifs is 14. The van der Waals surface area contributed by atoms with Crippen molar-refractivity contribution in [2.75, 3.05) is 0 Å². The lowest BCUT2D eigenvalue weighted by atomic mass is 9.35. The van der Waals surface area contributed by atoms with Crippen molar-refractivity contribution in [1.29, 1.82) is 0 Å². The van der Waals surface area contributed by atoms with Crippen molar-refractivity contribution in [3.05, 3.63) is 308 Å². The molecule has 6 heterocycles. The smallest absolute Gasteiger partial charge is 0.242 e. The highest BCUT2D eigenvalue weighted by atomic mass is 15.0. The third-order valence-corrected chi connectivity index (χ3v) is 19.6. The van der Waals surface area contributed by atoms with Crippen LogP contribution in [-0.4, -0.2) is 44.9 Å². The van der Waals surface area contributed by atoms with Gasteiger partial charge in [0.2, 0.25) is 6.71 Å². The average Bonchev–Trinajstić information content (AvgIpc) is 1.56. The molecule has 0 spiro atoms. The van der Waals surface area contributed by atoms with Crippen LogP contribution >= 0.6 is 0 Å². The Bertz CT molecular complexity index is 6330. The maximum atomic E-state index is 5.12. The Morgan fingerprint density at radius 1 is 0.277 bits per heavy atom. The Morgan fingerprint density at radius 2 is 0.660 bits per heavy atom. The Morgan fingerprint density at radius 3 is 1.12 bits per heavy atom. The molecular formula is C85H57BN8. The van der Waals surface area contributed by atoms with Gasteiger partial charge in [0.15, 0.2) is 11.6 Å². The zero-order valence-corrected chi connectivity index (χ0v) is 51.9. The molecule has 0 aliphatic rings. The van der Waals surface area contributed by atoms with E-state index in [-0.39, 0.29) is 6.71 Å². The van der Waals surface area contributed by atoms with E-state index in [4.69, 9.17) is 19.9 Å². The summed E-state index contributed by atoms with van der Waals surface area (Å²) in [6.07, 6.45) is 3.89. The minimum atomic E-state index is -0.107. The second kappa shape index (κ2) is 20.9. The van der Waals surface area contributed by atoms with Crippen LogP contribution in [0.1, 0.15) is 16.7 Å². The first kappa shape index (κ1) is 53.6. The van der Waals surface area contributed by atoms with E-state index in [2.05, 4.69) is 282 Å². The van der Waals surface area contributed by atoms with E-state index in [0.717, 1.165) is 106 Å². The molecule has 19 rings (SSSR count). The number of nitrogens with zero attached hydrogens (tertiary/aromatic N) is 8. The van der Waals surface area contributed by atoms with Gasteiger partial charge in [-0.05, 0) is 130 Å². The summed E-state index contributed by atoms with van der Waals surface area (Å²) in [5.41, 5.74) is 24.9. The first-order valence-electron chi connectivity index (χ1n) is 32.2. The van der Waals surface area contributed by atoms with Gasteiger partial charge in [0.05, 0.1) is 55.2 Å². The summed E-state index contributed by atoms with van der Waals surface area (Å²) in [5.74, 6) is 1.44. The molecule has 0 aliphatic carbocycles. The average molecular weight is 1200 g/mol. The minimum Gasteiger partial charge on any atom is -0.309 e. The molecule has 6 aromatic heterocycles. The molecule has 0 fully saturated rings. The van der Waals surface area contributed by atoms with Gasteiger partial charge in [0.1, 0.15) is 0 Å². The second-order valence-corrected chi connectivity index (χ2v) is 25.2. The third kappa shape index (κ3) is 8.34. The molecule has 0 unspecified atom stereocenters. The van der Waals surface area contributed by atoms with Crippen LogP contribution in [0.15, 0.2) is 291 Å². The summed E-state index contributed by atoms with van der Waals surface area (Å²) in [4.78, 5) is 19.7. The van der Waals surface area contributed by atoms with Gasteiger partial charge in [0, 0.05) is 100 Å². The molecule has 0 N–H and O–H groups in total. The van der Waals surface area contributed by atoms with Gasteiger partial charge >= 0.3 is 0 Å². The van der Waals surface area contributed by atoms with Crippen LogP contribution in [0.25, 0.3) is 155 Å². The highest BCUT2D eigenvalue weighted by Crippen LogP contribution is 2.42. The lowest BCUT2D eigenvalue weighted by molar-refractivity contribution is 1.17. The molecule has 0 saturated heterocycles. The highest BCUT2D eigenvalue weighted by Gasteiger charge is 2.29. The Hall–Kier alpha value is -12.2. The largest absolute Gasteiger partial charge is 0.309 e. The summed E-state index contributed by atoms with van der Waals surface area (Å²) in [6.45, 7) is 6.69. The van der Waals surface area contributed by atoms with Gasteiger partial charge in [-0.25, -0.2) is 19.9 Å². The molecular weight excluding hydrogens is 1140 g/mol. The van der Waals surface area contributed by atoms with Crippen LogP contribution in [-0.2, 0) is 0 Å². The van der Waals surface area contributed by atoms with Crippen LogP contribution in [0.5, 0.6) is 0 Å². The number of aromatic nitrogens is 8. The fraction of sp³-hybridized carbons (Fsp3) is 0.0353. The van der Waals surface area contributed by atoms with Gasteiger partial charge < -0.3 is 18.3 Å². The lowest BCUT2D eigenvalue weighted by Gasteiger charge is -2.23. The zero-order chi connectivity index (χ0) is 62.3. The summed E-state index contributed by atoms with van der Waals surface area (Å²) in [6, 6.07) is 102. The summed E-state index contributed by atoms with van der Waals surface area (Å²) >= 11 is 0. The van der Waals surface area contributed by atoms with E-state index < -0.39 is 0 Å². The second-order valence-electron chi connectivity index (χ2n) is 25.2. The van der Waals surface area contributed by atoms with E-state index in [0.29, 0.717) is 5.82 Å². The van der Waals surface area contributed by atoms with Crippen molar-refractivity contribution >= 4 is 132 Å². The van der Waals surface area contributed by atoms with Crippen molar-refractivity contribution in [3.63, 3.8) is 0 Å². The Balaban J connectivity index is 0.764. The molecule has 440 valence electrons. The summed E-state index contributed by atoms with van der Waals surface area (Å²) in [7, 11) is 0. The Labute approximate surface area is 541 Å². The van der Waals surface area contributed by atoms with Gasteiger partial charge in [0.25, 0.3) is 0 Å². The predicted molar refractivity (Wildman–Crippen MR) is 393 cm³/mol. The quantitative estimate of drug-likeness (QED) is 0.135. The van der Waals surface area contributed by atoms with Crippen molar-refractivity contribution in [2.45, 2.75) is 20.8 Å². The SMILES string of the molecule is Cc1cc(C)c(B(c2cccc(-n3c4ccccc4c4cc5c(cc43)c3ccccc3n5-c3ccc4nc(-c5ccccc5)ncc4c3)c2)c2cccc(-n3c4ccccc4c4cc5c(cc43)c3ccccc3n5-c3ccc4cnc(-c5ccccc5)nc4c3)c2)c(C)c1. The van der Waals surface area contributed by atoms with E-state index in [1.165, 1.54) is 76.2 Å². The van der Waals surface area contributed by atoms with Gasteiger partial charge in [-0.15, -0.1) is 0 Å². The number of hydrogen-bond donors (Lipinski definition) is 0. The molecule has 0 saturated carbocycles. The van der Waals surface area contributed by atoms with Gasteiger partial charge in [-0.3, -0.25) is 0 Å². The molecule has 19 aromatic rings. The van der Waals surface area contributed by atoms with Crippen molar-refractivity contribution in [2.24, 2.45) is 0 Å². The van der Waals surface area contributed by atoms with E-state index in [1.807, 2.05) is 48.8 Å². The number of rotatable bonds is 9. The van der Waals surface area contributed by atoms with Gasteiger partial charge in [-0.2, -0.15) is 0 Å². The molecule has 8 nitrogen and oxygen atoms in total. The fourth-order valence-corrected chi connectivity index (χ4v) is 15.6. The van der Waals surface area contributed by atoms with E-state index in [9.17, 15) is 0 Å². The molecule has 94 heavy (non-hydrogen) atoms. The zero-order valence-electron chi connectivity index (χ0n) is 51.9. The normalized spacial score (nSPS) is 12.0. The maximum absolute atomic E-state index is 5.12. The molecule has 0 bridgehead atoms. The monoisotopic (exact) mass is 1200 g/mol. The van der Waals surface area contributed by atoms with Crippen LogP contribution < -0.4 is 16.4 Å². The van der Waals surface area contributed by atoms with Crippen molar-refractivity contribution < 1.29 is 0 Å². The van der Waals surface area contributed by atoms with Crippen LogP contribution in [0.4, 0.5) is 0 Å². The van der Waals surface area contributed by atoms with Crippen molar-refractivity contribution in [3.8, 4) is 45.5 Å².